The van der Waals surface area contributed by atoms with Crippen molar-refractivity contribution in [1.82, 2.24) is 13.5 Å². The van der Waals surface area contributed by atoms with Crippen LogP contribution in [0.3, 0.4) is 0 Å². The second-order valence-corrected chi connectivity index (χ2v) is 8.88. The molecule has 2 atom stereocenters. The summed E-state index contributed by atoms with van der Waals surface area (Å²) in [5.41, 5.74) is 0.552. The first-order valence-electron chi connectivity index (χ1n) is 7.98. The van der Waals surface area contributed by atoms with Gasteiger partial charge in [0, 0.05) is 44.3 Å². The molecular weight excluding hydrogens is 369 g/mol. The monoisotopic (exact) mass is 391 g/mol. The van der Waals surface area contributed by atoms with E-state index in [-0.39, 0.29) is 36.0 Å². The highest BCUT2D eigenvalue weighted by atomic mass is 35.5. The van der Waals surface area contributed by atoms with Gasteiger partial charge in [0.15, 0.2) is 0 Å². The fourth-order valence-corrected chi connectivity index (χ4v) is 4.49. The predicted octanol–water partition coefficient (Wildman–Crippen LogP) is 1.75. The molecule has 0 unspecified atom stereocenters. The van der Waals surface area contributed by atoms with Gasteiger partial charge in [0.1, 0.15) is 5.82 Å². The highest BCUT2D eigenvalue weighted by Gasteiger charge is 2.39. The Hall–Kier alpha value is -1.22. The lowest BCUT2D eigenvalue weighted by Crippen LogP contribution is -2.61. The first-order chi connectivity index (χ1) is 11.6. The summed E-state index contributed by atoms with van der Waals surface area (Å²) < 4.78 is 40.5. The largest absolute Gasteiger partial charge is 0.337 e. The van der Waals surface area contributed by atoms with Crippen molar-refractivity contribution in [3.05, 3.63) is 34.6 Å². The van der Waals surface area contributed by atoms with Crippen molar-refractivity contribution in [3.63, 3.8) is 0 Å². The van der Waals surface area contributed by atoms with Gasteiger partial charge in [0.25, 0.3) is 10.2 Å². The molecule has 1 aliphatic heterocycles. The van der Waals surface area contributed by atoms with E-state index in [1.807, 2.05) is 6.92 Å². The second kappa shape index (κ2) is 7.57. The molecule has 1 aromatic rings. The number of benzene rings is 1. The van der Waals surface area contributed by atoms with Crippen LogP contribution < -0.4 is 0 Å². The Bertz CT molecular complexity index is 757. The molecule has 1 heterocycles. The van der Waals surface area contributed by atoms with Crippen molar-refractivity contribution in [2.45, 2.75) is 32.4 Å². The second-order valence-electron chi connectivity index (χ2n) is 6.38. The molecule has 0 radical (unpaired) electrons. The molecule has 2 rings (SSSR count). The molecule has 6 nitrogen and oxygen atoms in total. The number of hydrogen-bond acceptors (Lipinski definition) is 3. The standard InChI is InChI=1S/C16H23ClFN3O3S/c1-11-12(2)21(25(23,24)19(3)4)8-7-20(11)16(22)9-13-5-6-14(18)10-15(13)17/h5-6,10-12H,7-9H2,1-4H3/t11-,12-/m1/s1. The van der Waals surface area contributed by atoms with Gasteiger partial charge in [0.2, 0.25) is 5.91 Å². The van der Waals surface area contributed by atoms with Crippen LogP contribution in [0.2, 0.25) is 5.02 Å². The van der Waals surface area contributed by atoms with E-state index in [4.69, 9.17) is 11.6 Å². The number of rotatable bonds is 4. The summed E-state index contributed by atoms with van der Waals surface area (Å²) in [6.45, 7) is 4.15. The molecular formula is C16H23ClFN3O3S. The maximum absolute atomic E-state index is 13.1. The van der Waals surface area contributed by atoms with E-state index in [0.717, 1.165) is 0 Å². The van der Waals surface area contributed by atoms with Crippen LogP contribution >= 0.6 is 11.6 Å². The molecule has 0 saturated carbocycles. The first-order valence-corrected chi connectivity index (χ1v) is 9.76. The van der Waals surface area contributed by atoms with Crippen molar-refractivity contribution in [3.8, 4) is 0 Å². The molecule has 0 spiro atoms. The minimum absolute atomic E-state index is 0.0522. The molecule has 0 bridgehead atoms. The molecule has 25 heavy (non-hydrogen) atoms. The Balaban J connectivity index is 2.13. The van der Waals surface area contributed by atoms with E-state index in [0.29, 0.717) is 12.1 Å². The van der Waals surface area contributed by atoms with Gasteiger partial charge in [-0.05, 0) is 31.5 Å². The van der Waals surface area contributed by atoms with Gasteiger partial charge in [-0.25, -0.2) is 4.39 Å². The van der Waals surface area contributed by atoms with Crippen molar-refractivity contribution in [1.29, 1.82) is 0 Å². The van der Waals surface area contributed by atoms with Gasteiger partial charge in [0.05, 0.1) is 6.42 Å². The third kappa shape index (κ3) is 4.13. The zero-order valence-corrected chi connectivity index (χ0v) is 16.3. The van der Waals surface area contributed by atoms with E-state index in [1.165, 1.54) is 40.9 Å². The molecule has 1 fully saturated rings. The summed E-state index contributed by atoms with van der Waals surface area (Å²) in [6.07, 6.45) is 0.0522. The van der Waals surface area contributed by atoms with Crippen LogP contribution in [0, 0.1) is 5.82 Å². The molecule has 1 aromatic carbocycles. The van der Waals surface area contributed by atoms with Crippen LogP contribution in [0.4, 0.5) is 4.39 Å². The maximum Gasteiger partial charge on any atom is 0.281 e. The highest BCUT2D eigenvalue weighted by Crippen LogP contribution is 2.24. The van der Waals surface area contributed by atoms with Crippen molar-refractivity contribution in [2.75, 3.05) is 27.2 Å². The van der Waals surface area contributed by atoms with Crippen LogP contribution in [0.15, 0.2) is 18.2 Å². The quantitative estimate of drug-likeness (QED) is 0.785. The number of carbonyl (C=O) groups excluding carboxylic acids is 1. The Morgan fingerprint density at radius 2 is 1.92 bits per heavy atom. The first kappa shape index (κ1) is 20.1. The van der Waals surface area contributed by atoms with Crippen LogP contribution in [-0.2, 0) is 21.4 Å². The minimum Gasteiger partial charge on any atom is -0.337 e. The predicted molar refractivity (Wildman–Crippen MR) is 95.1 cm³/mol. The van der Waals surface area contributed by atoms with Crippen molar-refractivity contribution in [2.24, 2.45) is 0 Å². The number of carbonyl (C=O) groups is 1. The average Bonchev–Trinajstić information content (AvgIpc) is 2.52. The molecule has 1 saturated heterocycles. The Labute approximate surface area is 153 Å². The van der Waals surface area contributed by atoms with E-state index in [2.05, 4.69) is 0 Å². The lowest BCUT2D eigenvalue weighted by atomic mass is 10.0. The smallest absolute Gasteiger partial charge is 0.281 e. The molecule has 140 valence electrons. The summed E-state index contributed by atoms with van der Waals surface area (Å²) in [4.78, 5) is 14.3. The highest BCUT2D eigenvalue weighted by molar-refractivity contribution is 7.86. The summed E-state index contributed by atoms with van der Waals surface area (Å²) in [7, 11) is -0.562. The summed E-state index contributed by atoms with van der Waals surface area (Å²) in [6, 6.07) is 3.31. The molecule has 0 aromatic heterocycles. The fourth-order valence-electron chi connectivity index (χ4n) is 2.93. The van der Waals surface area contributed by atoms with Gasteiger partial charge < -0.3 is 4.90 Å². The van der Waals surface area contributed by atoms with E-state index in [1.54, 1.807) is 11.8 Å². The van der Waals surface area contributed by atoms with E-state index >= 15 is 0 Å². The third-order valence-corrected chi connectivity index (χ3v) is 7.02. The fraction of sp³-hybridized carbons (Fsp3) is 0.562. The number of nitrogens with zero attached hydrogens (tertiary/aromatic N) is 3. The van der Waals surface area contributed by atoms with Gasteiger partial charge in [-0.2, -0.15) is 17.0 Å². The van der Waals surface area contributed by atoms with E-state index in [9.17, 15) is 17.6 Å². The summed E-state index contributed by atoms with van der Waals surface area (Å²) in [5, 5.41) is 0.211. The van der Waals surface area contributed by atoms with Crippen molar-refractivity contribution >= 4 is 27.7 Å². The molecule has 9 heteroatoms. The number of hydrogen-bond donors (Lipinski definition) is 0. The number of piperazine rings is 1. The molecule has 0 aliphatic carbocycles. The lowest BCUT2D eigenvalue weighted by molar-refractivity contribution is -0.135. The Kier molecular flexibility index (Phi) is 6.09. The maximum atomic E-state index is 13.1. The molecule has 1 aliphatic rings. The zero-order chi connectivity index (χ0) is 18.9. The SMILES string of the molecule is C[C@@H]1[C@@H](C)N(S(=O)(=O)N(C)C)CCN1C(=O)Cc1ccc(F)cc1Cl. The summed E-state index contributed by atoms with van der Waals surface area (Å²) >= 11 is 5.99. The summed E-state index contributed by atoms with van der Waals surface area (Å²) in [5.74, 6) is -0.611. The van der Waals surface area contributed by atoms with Crippen LogP contribution in [-0.4, -0.2) is 67.1 Å². The van der Waals surface area contributed by atoms with Gasteiger partial charge >= 0.3 is 0 Å². The Morgan fingerprint density at radius 3 is 2.48 bits per heavy atom. The minimum atomic E-state index is -3.54. The van der Waals surface area contributed by atoms with Crippen molar-refractivity contribution < 1.29 is 17.6 Å². The number of halogens is 2. The zero-order valence-electron chi connectivity index (χ0n) is 14.7. The lowest BCUT2D eigenvalue weighted by Gasteiger charge is -2.44. The topological polar surface area (TPSA) is 60.9 Å². The Morgan fingerprint density at radius 1 is 1.28 bits per heavy atom. The normalized spacial score (nSPS) is 22.4. The molecule has 1 amide bonds. The van der Waals surface area contributed by atoms with E-state index < -0.39 is 16.0 Å². The average molecular weight is 392 g/mol. The van der Waals surface area contributed by atoms with Gasteiger partial charge in [-0.1, -0.05) is 17.7 Å². The van der Waals surface area contributed by atoms with Crippen LogP contribution in [0.5, 0.6) is 0 Å². The van der Waals surface area contributed by atoms with Gasteiger partial charge in [-0.15, -0.1) is 0 Å². The number of amides is 1. The van der Waals surface area contributed by atoms with Crippen LogP contribution in [0.25, 0.3) is 0 Å². The molecule has 0 N–H and O–H groups in total. The van der Waals surface area contributed by atoms with Crippen LogP contribution in [0.1, 0.15) is 19.4 Å². The van der Waals surface area contributed by atoms with Gasteiger partial charge in [-0.3, -0.25) is 4.79 Å². The third-order valence-electron chi connectivity index (χ3n) is 4.64.